The van der Waals surface area contributed by atoms with Crippen molar-refractivity contribution in [1.82, 2.24) is 9.62 Å². The molecular weight excluding hydrogens is 524 g/mol. The molecule has 1 amide bonds. The van der Waals surface area contributed by atoms with Crippen LogP contribution in [0.3, 0.4) is 0 Å². The molecule has 1 saturated heterocycles. The molecule has 1 aromatic rings. The summed E-state index contributed by atoms with van der Waals surface area (Å²) in [6.45, 7) is 16.1. The average molecular weight is 569 g/mol. The average Bonchev–Trinajstić information content (AvgIpc) is 3.23. The molecule has 2 atom stereocenters. The summed E-state index contributed by atoms with van der Waals surface area (Å²) in [4.78, 5) is 39.5. The van der Waals surface area contributed by atoms with Crippen LogP contribution < -0.4 is 4.72 Å². The van der Waals surface area contributed by atoms with Gasteiger partial charge in [0.25, 0.3) is 0 Å². The lowest BCUT2D eigenvalue weighted by Gasteiger charge is -2.28. The van der Waals surface area contributed by atoms with Crippen LogP contribution in [0.1, 0.15) is 74.3 Å². The van der Waals surface area contributed by atoms with Crippen LogP contribution in [0.15, 0.2) is 29.2 Å². The fraction of sp³-hybridized carbons (Fsp3) is 0.679. The molecule has 10 nitrogen and oxygen atoms in total. The van der Waals surface area contributed by atoms with E-state index in [2.05, 4.69) is 4.72 Å². The zero-order valence-electron chi connectivity index (χ0n) is 24.6. The van der Waals surface area contributed by atoms with E-state index in [0.717, 1.165) is 0 Å². The van der Waals surface area contributed by atoms with E-state index in [9.17, 15) is 22.8 Å². The maximum atomic E-state index is 13.3. The fourth-order valence-electron chi connectivity index (χ4n) is 4.14. The van der Waals surface area contributed by atoms with Gasteiger partial charge in [-0.25, -0.2) is 13.2 Å². The van der Waals surface area contributed by atoms with Gasteiger partial charge in [-0.05, 0) is 98.8 Å². The number of esters is 2. The van der Waals surface area contributed by atoms with Crippen molar-refractivity contribution in [2.24, 2.45) is 11.8 Å². The summed E-state index contributed by atoms with van der Waals surface area (Å²) in [6.07, 6.45) is 0.368. The second kappa shape index (κ2) is 12.2. The van der Waals surface area contributed by atoms with E-state index in [1.165, 1.54) is 12.1 Å². The third-order valence-electron chi connectivity index (χ3n) is 5.65. The van der Waals surface area contributed by atoms with Gasteiger partial charge in [0.15, 0.2) is 0 Å². The number of sulfonamides is 1. The first kappa shape index (κ1) is 32.6. The van der Waals surface area contributed by atoms with Gasteiger partial charge >= 0.3 is 18.0 Å². The number of likely N-dealkylation sites (tertiary alicyclic amines) is 1. The van der Waals surface area contributed by atoms with Gasteiger partial charge in [0.1, 0.15) is 23.3 Å². The topological polar surface area (TPSA) is 128 Å². The van der Waals surface area contributed by atoms with Gasteiger partial charge in [0.2, 0.25) is 10.0 Å². The van der Waals surface area contributed by atoms with Gasteiger partial charge in [-0.15, -0.1) is 0 Å². The number of rotatable bonds is 8. The minimum atomic E-state index is -4.01. The Kier molecular flexibility index (Phi) is 10.2. The molecule has 1 aliphatic heterocycles. The molecule has 1 heterocycles. The highest BCUT2D eigenvalue weighted by atomic mass is 32.2. The van der Waals surface area contributed by atoms with E-state index in [1.54, 1.807) is 79.3 Å². The lowest BCUT2D eigenvalue weighted by molar-refractivity contribution is -0.162. The summed E-state index contributed by atoms with van der Waals surface area (Å²) < 4.78 is 44.4. The monoisotopic (exact) mass is 568 g/mol. The predicted octanol–water partition coefficient (Wildman–Crippen LogP) is 4.06. The van der Waals surface area contributed by atoms with E-state index >= 15 is 0 Å². The highest BCUT2D eigenvalue weighted by molar-refractivity contribution is 7.89. The van der Waals surface area contributed by atoms with Crippen LogP contribution in [0, 0.1) is 11.8 Å². The van der Waals surface area contributed by atoms with Crippen molar-refractivity contribution in [2.45, 2.75) is 96.9 Å². The first-order chi connectivity index (χ1) is 17.7. The lowest BCUT2D eigenvalue weighted by Crippen LogP contribution is -2.38. The van der Waals surface area contributed by atoms with Crippen LogP contribution >= 0.6 is 0 Å². The number of hydrogen-bond acceptors (Lipinski definition) is 8. The Labute approximate surface area is 232 Å². The zero-order chi connectivity index (χ0) is 29.8. The number of carbonyl (C=O) groups excluding carboxylic acids is 3. The number of nitrogens with one attached hydrogen (secondary N) is 1. The maximum absolute atomic E-state index is 13.3. The Balaban J connectivity index is 2.22. The number of carbonyl (C=O) groups is 3. The third-order valence-corrected chi connectivity index (χ3v) is 7.04. The summed E-state index contributed by atoms with van der Waals surface area (Å²) in [5.41, 5.74) is -1.47. The van der Waals surface area contributed by atoms with Crippen molar-refractivity contribution >= 4 is 28.1 Å². The Morgan fingerprint density at radius 2 is 1.54 bits per heavy atom. The highest BCUT2D eigenvalue weighted by Crippen LogP contribution is 2.31. The maximum Gasteiger partial charge on any atom is 0.410 e. The first-order valence-electron chi connectivity index (χ1n) is 13.2. The van der Waals surface area contributed by atoms with Crippen LogP contribution in [0.2, 0.25) is 0 Å². The van der Waals surface area contributed by atoms with Crippen LogP contribution in [-0.4, -0.2) is 67.8 Å². The molecule has 0 spiro atoms. The largest absolute Gasteiger partial charge is 0.460 e. The third kappa shape index (κ3) is 11.2. The van der Waals surface area contributed by atoms with E-state index in [4.69, 9.17) is 14.2 Å². The SMILES string of the molecule is CC(C)(C)OC(=O)CNS(=O)(=O)c1cccc(C[C@H](C(=O)OC(C)(C)C)[C@H]2CCN(C(=O)OC(C)(C)C)C2)c1. The lowest BCUT2D eigenvalue weighted by atomic mass is 9.86. The Hall–Kier alpha value is -2.66. The van der Waals surface area contributed by atoms with Crippen molar-refractivity contribution in [3.05, 3.63) is 29.8 Å². The van der Waals surface area contributed by atoms with E-state index in [1.807, 2.05) is 0 Å². The summed E-state index contributed by atoms with van der Waals surface area (Å²) in [5, 5.41) is 0. The number of nitrogens with zero attached hydrogens (tertiary/aromatic N) is 1. The highest BCUT2D eigenvalue weighted by Gasteiger charge is 2.39. The van der Waals surface area contributed by atoms with E-state index in [-0.39, 0.29) is 17.2 Å². The number of hydrogen-bond donors (Lipinski definition) is 1. The molecule has 0 radical (unpaired) electrons. The van der Waals surface area contributed by atoms with Gasteiger partial charge < -0.3 is 19.1 Å². The van der Waals surface area contributed by atoms with Gasteiger partial charge in [0.05, 0.1) is 10.8 Å². The summed E-state index contributed by atoms with van der Waals surface area (Å²) in [5.74, 6) is -1.90. The normalized spacial score (nSPS) is 17.5. The summed E-state index contributed by atoms with van der Waals surface area (Å²) in [7, 11) is -4.01. The Morgan fingerprint density at radius 1 is 0.949 bits per heavy atom. The molecule has 220 valence electrons. The predicted molar refractivity (Wildman–Crippen MR) is 146 cm³/mol. The molecule has 0 bridgehead atoms. The molecule has 1 aliphatic rings. The smallest absolute Gasteiger partial charge is 0.410 e. The van der Waals surface area contributed by atoms with E-state index < -0.39 is 57.3 Å². The molecule has 1 aromatic carbocycles. The van der Waals surface area contributed by atoms with Gasteiger partial charge in [-0.1, -0.05) is 12.1 Å². The van der Waals surface area contributed by atoms with Crippen LogP contribution in [0.4, 0.5) is 4.79 Å². The van der Waals surface area contributed by atoms with Crippen molar-refractivity contribution in [3.63, 3.8) is 0 Å². The summed E-state index contributed by atoms with van der Waals surface area (Å²) in [6, 6.07) is 6.23. The molecule has 0 unspecified atom stereocenters. The fourth-order valence-corrected chi connectivity index (χ4v) is 5.18. The van der Waals surface area contributed by atoms with Gasteiger partial charge in [-0.3, -0.25) is 9.59 Å². The van der Waals surface area contributed by atoms with Gasteiger partial charge in [0, 0.05) is 13.1 Å². The van der Waals surface area contributed by atoms with Crippen LogP contribution in [0.5, 0.6) is 0 Å². The molecular formula is C28H44N2O8S. The number of ether oxygens (including phenoxy) is 3. The zero-order valence-corrected chi connectivity index (χ0v) is 25.4. The van der Waals surface area contributed by atoms with Crippen molar-refractivity contribution in [1.29, 1.82) is 0 Å². The van der Waals surface area contributed by atoms with Crippen LogP contribution in [0.25, 0.3) is 0 Å². The second-order valence-corrected chi connectivity index (χ2v) is 14.6. The molecule has 0 aliphatic carbocycles. The van der Waals surface area contributed by atoms with Gasteiger partial charge in [-0.2, -0.15) is 4.72 Å². The molecule has 0 aromatic heterocycles. The second-order valence-electron chi connectivity index (χ2n) is 12.9. The minimum Gasteiger partial charge on any atom is -0.460 e. The molecule has 2 rings (SSSR count). The van der Waals surface area contributed by atoms with E-state index in [0.29, 0.717) is 25.1 Å². The summed E-state index contributed by atoms with van der Waals surface area (Å²) >= 11 is 0. The Morgan fingerprint density at radius 3 is 2.10 bits per heavy atom. The molecule has 1 fully saturated rings. The Bertz CT molecular complexity index is 1140. The first-order valence-corrected chi connectivity index (χ1v) is 14.6. The standard InChI is InChI=1S/C28H44N2O8S/c1-26(2,3)36-23(31)17-29-39(34,35)21-12-10-11-19(15-21)16-22(24(32)37-27(4,5)6)20-13-14-30(18-20)25(33)38-28(7,8)9/h10-12,15,20,22,29H,13-14,16-18H2,1-9H3/t20-,22-/m0/s1. The molecule has 1 N–H and O–H groups in total. The minimum absolute atomic E-state index is 0.0340. The van der Waals surface area contributed by atoms with Crippen LogP contribution in [-0.2, 0) is 40.2 Å². The molecule has 0 saturated carbocycles. The number of benzene rings is 1. The molecule has 39 heavy (non-hydrogen) atoms. The number of amides is 1. The van der Waals surface area contributed by atoms with Crippen molar-refractivity contribution < 1.29 is 37.0 Å². The molecule has 11 heteroatoms. The van der Waals surface area contributed by atoms with Crippen molar-refractivity contribution in [3.8, 4) is 0 Å². The quantitative estimate of drug-likeness (QED) is 0.367. The van der Waals surface area contributed by atoms with Crippen molar-refractivity contribution in [2.75, 3.05) is 19.6 Å².